The fourth-order valence-corrected chi connectivity index (χ4v) is 3.81. The molecule has 1 N–H and O–H groups in total. The van der Waals surface area contributed by atoms with Gasteiger partial charge < -0.3 is 10.2 Å². The van der Waals surface area contributed by atoms with Gasteiger partial charge in [0.1, 0.15) is 0 Å². The zero-order valence-electron chi connectivity index (χ0n) is 12.8. The van der Waals surface area contributed by atoms with Gasteiger partial charge in [0.25, 0.3) is 5.91 Å². The van der Waals surface area contributed by atoms with Crippen molar-refractivity contribution in [2.24, 2.45) is 0 Å². The van der Waals surface area contributed by atoms with Crippen LogP contribution in [0.25, 0.3) is 0 Å². The molecule has 3 rings (SSSR count). The molecule has 0 bridgehead atoms. The standard InChI is InChI=1S/C16H22IN3O.ClH/c1-12-3-2-4-14(15(12)17)16(21)20-9-7-19(8-10-20)13-5-6-18-11-13;/h2-4,13,18H,5-11H2,1H3;1H. The number of piperazine rings is 1. The molecule has 22 heavy (non-hydrogen) atoms. The summed E-state index contributed by atoms with van der Waals surface area (Å²) in [4.78, 5) is 17.2. The van der Waals surface area contributed by atoms with E-state index in [1.165, 1.54) is 12.0 Å². The first-order valence-corrected chi connectivity index (χ1v) is 8.74. The molecule has 0 radical (unpaired) electrons. The van der Waals surface area contributed by atoms with Gasteiger partial charge in [0.05, 0.1) is 5.56 Å². The van der Waals surface area contributed by atoms with Gasteiger partial charge in [-0.2, -0.15) is 0 Å². The molecule has 122 valence electrons. The quantitative estimate of drug-likeness (QED) is 0.723. The summed E-state index contributed by atoms with van der Waals surface area (Å²) in [6, 6.07) is 6.65. The van der Waals surface area contributed by atoms with E-state index < -0.39 is 0 Å². The summed E-state index contributed by atoms with van der Waals surface area (Å²) in [5.74, 6) is 0.187. The minimum atomic E-state index is 0. The van der Waals surface area contributed by atoms with E-state index in [1.54, 1.807) is 0 Å². The van der Waals surface area contributed by atoms with Gasteiger partial charge in [-0.3, -0.25) is 9.69 Å². The first kappa shape index (κ1) is 18.0. The maximum atomic E-state index is 12.7. The van der Waals surface area contributed by atoms with Gasteiger partial charge in [0.15, 0.2) is 0 Å². The summed E-state index contributed by atoms with van der Waals surface area (Å²) in [6.45, 7) is 7.98. The van der Waals surface area contributed by atoms with Crippen LogP contribution in [0, 0.1) is 10.5 Å². The lowest BCUT2D eigenvalue weighted by Gasteiger charge is -2.38. The van der Waals surface area contributed by atoms with Gasteiger partial charge in [-0.25, -0.2) is 0 Å². The molecule has 1 amide bonds. The van der Waals surface area contributed by atoms with Crippen LogP contribution in [0.2, 0.25) is 0 Å². The molecule has 0 aromatic heterocycles. The van der Waals surface area contributed by atoms with Crippen LogP contribution in [0.1, 0.15) is 22.3 Å². The Kier molecular flexibility index (Phi) is 6.49. The third kappa shape index (κ3) is 3.75. The van der Waals surface area contributed by atoms with Gasteiger partial charge in [-0.15, -0.1) is 12.4 Å². The van der Waals surface area contributed by atoms with Crippen molar-refractivity contribution in [2.45, 2.75) is 19.4 Å². The van der Waals surface area contributed by atoms with Gasteiger partial charge in [0, 0.05) is 42.3 Å². The monoisotopic (exact) mass is 435 g/mol. The summed E-state index contributed by atoms with van der Waals surface area (Å²) in [5.41, 5.74) is 2.03. The number of nitrogens with zero attached hydrogens (tertiary/aromatic N) is 2. The highest BCUT2D eigenvalue weighted by Crippen LogP contribution is 2.20. The minimum absolute atomic E-state index is 0. The Morgan fingerprint density at radius 1 is 1.27 bits per heavy atom. The number of amides is 1. The zero-order valence-corrected chi connectivity index (χ0v) is 15.8. The smallest absolute Gasteiger partial charge is 0.255 e. The lowest BCUT2D eigenvalue weighted by Crippen LogP contribution is -2.52. The van der Waals surface area contributed by atoms with Crippen molar-refractivity contribution in [3.63, 3.8) is 0 Å². The second-order valence-electron chi connectivity index (χ2n) is 5.91. The molecule has 1 aromatic rings. The fourth-order valence-electron chi connectivity index (χ4n) is 3.22. The Morgan fingerprint density at radius 2 is 2.00 bits per heavy atom. The number of nitrogens with one attached hydrogen (secondary N) is 1. The molecule has 2 heterocycles. The van der Waals surface area contributed by atoms with E-state index in [9.17, 15) is 4.79 Å². The molecule has 2 fully saturated rings. The summed E-state index contributed by atoms with van der Waals surface area (Å²) in [5, 5.41) is 3.42. The first-order valence-electron chi connectivity index (χ1n) is 7.66. The molecular formula is C16H23ClIN3O. The number of rotatable bonds is 2. The van der Waals surface area contributed by atoms with E-state index in [0.29, 0.717) is 6.04 Å². The molecule has 4 nitrogen and oxygen atoms in total. The normalized spacial score (nSPS) is 22.5. The molecule has 0 spiro atoms. The Balaban J connectivity index is 0.00000176. The van der Waals surface area contributed by atoms with Crippen LogP contribution in [0.15, 0.2) is 18.2 Å². The Bertz CT molecular complexity index is 526. The van der Waals surface area contributed by atoms with Crippen LogP contribution in [-0.4, -0.2) is 61.0 Å². The molecule has 1 unspecified atom stereocenters. The van der Waals surface area contributed by atoms with E-state index in [1.807, 2.05) is 17.0 Å². The van der Waals surface area contributed by atoms with Crippen molar-refractivity contribution in [3.8, 4) is 0 Å². The van der Waals surface area contributed by atoms with E-state index >= 15 is 0 Å². The Morgan fingerprint density at radius 3 is 2.64 bits per heavy atom. The van der Waals surface area contributed by atoms with Crippen LogP contribution in [0.5, 0.6) is 0 Å². The van der Waals surface area contributed by atoms with Crippen LogP contribution in [-0.2, 0) is 0 Å². The van der Waals surface area contributed by atoms with Crippen molar-refractivity contribution in [3.05, 3.63) is 32.9 Å². The molecule has 2 saturated heterocycles. The van der Waals surface area contributed by atoms with Gasteiger partial charge in [0.2, 0.25) is 0 Å². The molecule has 2 aliphatic rings. The average Bonchev–Trinajstić information content (AvgIpc) is 3.04. The van der Waals surface area contributed by atoms with E-state index in [2.05, 4.69) is 45.8 Å². The Hall–Kier alpha value is -0.370. The molecule has 6 heteroatoms. The number of hydrogen-bond acceptors (Lipinski definition) is 3. The summed E-state index contributed by atoms with van der Waals surface area (Å²) < 4.78 is 1.09. The lowest BCUT2D eigenvalue weighted by molar-refractivity contribution is 0.0582. The summed E-state index contributed by atoms with van der Waals surface area (Å²) in [7, 11) is 0. The number of hydrogen-bond donors (Lipinski definition) is 1. The predicted octanol–water partition coefficient (Wildman–Crippen LogP) is 2.14. The van der Waals surface area contributed by atoms with Gasteiger partial charge >= 0.3 is 0 Å². The van der Waals surface area contributed by atoms with Gasteiger partial charge in [-0.05, 0) is 54.1 Å². The molecular weight excluding hydrogens is 413 g/mol. The first-order chi connectivity index (χ1) is 10.2. The fraction of sp³-hybridized carbons (Fsp3) is 0.562. The van der Waals surface area contributed by atoms with Crippen molar-refractivity contribution in [2.75, 3.05) is 39.3 Å². The van der Waals surface area contributed by atoms with E-state index in [4.69, 9.17) is 0 Å². The third-order valence-electron chi connectivity index (χ3n) is 4.57. The molecule has 1 aromatic carbocycles. The van der Waals surface area contributed by atoms with Crippen molar-refractivity contribution < 1.29 is 4.79 Å². The second kappa shape index (κ2) is 7.95. The summed E-state index contributed by atoms with van der Waals surface area (Å²) >= 11 is 2.29. The zero-order chi connectivity index (χ0) is 14.8. The highest BCUT2D eigenvalue weighted by Gasteiger charge is 2.28. The number of carbonyl (C=O) groups excluding carboxylic acids is 1. The van der Waals surface area contributed by atoms with Crippen LogP contribution >= 0.6 is 35.0 Å². The maximum Gasteiger partial charge on any atom is 0.255 e. The molecule has 2 aliphatic heterocycles. The molecule has 0 saturated carbocycles. The van der Waals surface area contributed by atoms with Crippen molar-refractivity contribution in [1.82, 2.24) is 15.1 Å². The minimum Gasteiger partial charge on any atom is -0.336 e. The number of halogens is 2. The Labute approximate surface area is 152 Å². The topological polar surface area (TPSA) is 35.6 Å². The van der Waals surface area contributed by atoms with Crippen LogP contribution in [0.4, 0.5) is 0 Å². The number of aryl methyl sites for hydroxylation is 1. The SMILES string of the molecule is Cc1cccc(C(=O)N2CCN(C3CCNC3)CC2)c1I.Cl. The van der Waals surface area contributed by atoms with Crippen LogP contribution < -0.4 is 5.32 Å². The largest absolute Gasteiger partial charge is 0.336 e. The molecule has 0 aliphatic carbocycles. The average molecular weight is 436 g/mol. The van der Waals surface area contributed by atoms with Gasteiger partial charge in [-0.1, -0.05) is 12.1 Å². The highest BCUT2D eigenvalue weighted by molar-refractivity contribution is 14.1. The maximum absolute atomic E-state index is 12.7. The van der Waals surface area contributed by atoms with Crippen molar-refractivity contribution in [1.29, 1.82) is 0 Å². The lowest BCUT2D eigenvalue weighted by atomic mass is 10.1. The summed E-state index contributed by atoms with van der Waals surface area (Å²) in [6.07, 6.45) is 1.24. The molecule has 1 atom stereocenters. The number of carbonyl (C=O) groups is 1. The van der Waals surface area contributed by atoms with E-state index in [-0.39, 0.29) is 18.3 Å². The van der Waals surface area contributed by atoms with Crippen LogP contribution in [0.3, 0.4) is 0 Å². The highest BCUT2D eigenvalue weighted by atomic mass is 127. The van der Waals surface area contributed by atoms with E-state index in [0.717, 1.165) is 48.4 Å². The third-order valence-corrected chi connectivity index (χ3v) is 6.01. The predicted molar refractivity (Wildman–Crippen MR) is 99.9 cm³/mol. The second-order valence-corrected chi connectivity index (χ2v) is 6.99. The van der Waals surface area contributed by atoms with Crippen molar-refractivity contribution >= 4 is 40.9 Å². The number of benzene rings is 1.